The van der Waals surface area contributed by atoms with Crippen LogP contribution in [0.15, 0.2) is 24.3 Å². The molecule has 0 aliphatic carbocycles. The van der Waals surface area contributed by atoms with Gasteiger partial charge in [0.15, 0.2) is 0 Å². The standard InChI is InChI=1S/C14H19NO3/c1-18-13-7-3-2-6-11(13)10-12(14(16)17)15-8-4-5-9-15/h2-3,6-7,12H,4-5,8-10H2,1H3,(H,16,17)/t12-/m1/s1. The van der Waals surface area contributed by atoms with Gasteiger partial charge in [-0.1, -0.05) is 18.2 Å². The molecule has 1 fully saturated rings. The predicted molar refractivity (Wildman–Crippen MR) is 68.9 cm³/mol. The Morgan fingerprint density at radius 2 is 2.06 bits per heavy atom. The van der Waals surface area contributed by atoms with Crippen LogP contribution in [0.25, 0.3) is 0 Å². The van der Waals surface area contributed by atoms with Gasteiger partial charge in [-0.2, -0.15) is 0 Å². The van der Waals surface area contributed by atoms with Crippen molar-refractivity contribution in [3.63, 3.8) is 0 Å². The third-order valence-electron chi connectivity index (χ3n) is 3.47. The van der Waals surface area contributed by atoms with E-state index in [0.29, 0.717) is 6.42 Å². The van der Waals surface area contributed by atoms with E-state index in [9.17, 15) is 9.90 Å². The lowest BCUT2D eigenvalue weighted by atomic mass is 10.0. The lowest BCUT2D eigenvalue weighted by Crippen LogP contribution is -2.40. The number of methoxy groups -OCH3 is 1. The number of hydrogen-bond acceptors (Lipinski definition) is 3. The fourth-order valence-electron chi connectivity index (χ4n) is 2.51. The number of para-hydroxylation sites is 1. The molecule has 1 heterocycles. The van der Waals surface area contributed by atoms with Crippen molar-refractivity contribution in [1.82, 2.24) is 4.90 Å². The van der Waals surface area contributed by atoms with Gasteiger partial charge in [0.05, 0.1) is 7.11 Å². The van der Waals surface area contributed by atoms with Crippen LogP contribution in [0.2, 0.25) is 0 Å². The van der Waals surface area contributed by atoms with Crippen molar-refractivity contribution < 1.29 is 14.6 Å². The van der Waals surface area contributed by atoms with Crippen LogP contribution in [0.5, 0.6) is 5.75 Å². The van der Waals surface area contributed by atoms with Crippen molar-refractivity contribution in [1.29, 1.82) is 0 Å². The molecule has 1 saturated heterocycles. The van der Waals surface area contributed by atoms with Crippen molar-refractivity contribution >= 4 is 5.97 Å². The number of carboxylic acids is 1. The van der Waals surface area contributed by atoms with E-state index >= 15 is 0 Å². The number of aliphatic carboxylic acids is 1. The molecule has 1 aliphatic heterocycles. The summed E-state index contributed by atoms with van der Waals surface area (Å²) in [6.45, 7) is 1.76. The summed E-state index contributed by atoms with van der Waals surface area (Å²) >= 11 is 0. The molecule has 1 N–H and O–H groups in total. The molecule has 0 radical (unpaired) electrons. The zero-order valence-corrected chi connectivity index (χ0v) is 10.6. The number of benzene rings is 1. The zero-order chi connectivity index (χ0) is 13.0. The molecule has 4 heteroatoms. The second-order valence-electron chi connectivity index (χ2n) is 4.61. The number of likely N-dealkylation sites (tertiary alicyclic amines) is 1. The van der Waals surface area contributed by atoms with E-state index in [-0.39, 0.29) is 0 Å². The topological polar surface area (TPSA) is 49.8 Å². The Bertz CT molecular complexity index is 413. The van der Waals surface area contributed by atoms with E-state index in [0.717, 1.165) is 37.2 Å². The molecule has 1 atom stereocenters. The van der Waals surface area contributed by atoms with Crippen molar-refractivity contribution in [3.05, 3.63) is 29.8 Å². The minimum atomic E-state index is -0.747. The fraction of sp³-hybridized carbons (Fsp3) is 0.500. The van der Waals surface area contributed by atoms with Crippen LogP contribution in [0.1, 0.15) is 18.4 Å². The predicted octanol–water partition coefficient (Wildman–Crippen LogP) is 1.79. The SMILES string of the molecule is COc1ccccc1C[C@H](C(=O)O)N1CCCC1. The fourth-order valence-corrected chi connectivity index (χ4v) is 2.51. The van der Waals surface area contributed by atoms with Crippen molar-refractivity contribution in [2.24, 2.45) is 0 Å². The van der Waals surface area contributed by atoms with E-state index in [1.807, 2.05) is 24.3 Å². The second-order valence-corrected chi connectivity index (χ2v) is 4.61. The summed E-state index contributed by atoms with van der Waals surface area (Å²) < 4.78 is 5.28. The molecular formula is C14H19NO3. The highest BCUT2D eigenvalue weighted by molar-refractivity contribution is 5.74. The van der Waals surface area contributed by atoms with Gasteiger partial charge in [-0.15, -0.1) is 0 Å². The summed E-state index contributed by atoms with van der Waals surface area (Å²) in [4.78, 5) is 13.5. The summed E-state index contributed by atoms with van der Waals surface area (Å²) in [5.74, 6) is 0.0192. The molecule has 18 heavy (non-hydrogen) atoms. The zero-order valence-electron chi connectivity index (χ0n) is 10.6. The Morgan fingerprint density at radius 3 is 2.67 bits per heavy atom. The molecule has 1 aromatic rings. The normalized spacial score (nSPS) is 17.6. The number of rotatable bonds is 5. The maximum absolute atomic E-state index is 11.4. The van der Waals surface area contributed by atoms with E-state index in [1.165, 1.54) is 0 Å². The first-order valence-corrected chi connectivity index (χ1v) is 6.31. The monoisotopic (exact) mass is 249 g/mol. The van der Waals surface area contributed by atoms with Gasteiger partial charge in [-0.3, -0.25) is 9.69 Å². The average Bonchev–Trinajstić information content (AvgIpc) is 2.89. The van der Waals surface area contributed by atoms with Crippen LogP contribution in [-0.2, 0) is 11.2 Å². The maximum atomic E-state index is 11.4. The Labute approximate surface area is 107 Å². The molecule has 0 unspecified atom stereocenters. The van der Waals surface area contributed by atoms with Gasteiger partial charge in [0, 0.05) is 6.42 Å². The van der Waals surface area contributed by atoms with Gasteiger partial charge >= 0.3 is 5.97 Å². The Hall–Kier alpha value is -1.55. The van der Waals surface area contributed by atoms with Crippen molar-refractivity contribution in [2.75, 3.05) is 20.2 Å². The first kappa shape index (κ1) is 12.9. The first-order valence-electron chi connectivity index (χ1n) is 6.31. The number of hydrogen-bond donors (Lipinski definition) is 1. The van der Waals surface area contributed by atoms with Gasteiger partial charge in [-0.05, 0) is 37.6 Å². The average molecular weight is 249 g/mol. The van der Waals surface area contributed by atoms with Gasteiger partial charge in [0.2, 0.25) is 0 Å². The van der Waals surface area contributed by atoms with E-state index < -0.39 is 12.0 Å². The molecule has 98 valence electrons. The largest absolute Gasteiger partial charge is 0.496 e. The van der Waals surface area contributed by atoms with Crippen molar-refractivity contribution in [3.8, 4) is 5.75 Å². The third kappa shape index (κ3) is 2.82. The highest BCUT2D eigenvalue weighted by Gasteiger charge is 2.28. The summed E-state index contributed by atoms with van der Waals surface area (Å²) in [5.41, 5.74) is 0.958. The molecule has 0 aromatic heterocycles. The van der Waals surface area contributed by atoms with Crippen LogP contribution < -0.4 is 4.74 Å². The summed E-state index contributed by atoms with van der Waals surface area (Å²) in [5, 5.41) is 9.38. The third-order valence-corrected chi connectivity index (χ3v) is 3.47. The summed E-state index contributed by atoms with van der Waals surface area (Å²) in [6.07, 6.45) is 2.69. The maximum Gasteiger partial charge on any atom is 0.321 e. The van der Waals surface area contributed by atoms with Gasteiger partial charge in [0.1, 0.15) is 11.8 Å². The van der Waals surface area contributed by atoms with E-state index in [2.05, 4.69) is 4.90 Å². The Balaban J connectivity index is 2.15. The first-order chi connectivity index (χ1) is 8.72. The number of carboxylic acid groups (broad SMARTS) is 1. The quantitative estimate of drug-likeness (QED) is 0.864. The molecule has 0 saturated carbocycles. The van der Waals surface area contributed by atoms with Gasteiger partial charge < -0.3 is 9.84 Å². The molecule has 1 aliphatic rings. The highest BCUT2D eigenvalue weighted by Crippen LogP contribution is 2.22. The Kier molecular flexibility index (Phi) is 4.20. The van der Waals surface area contributed by atoms with Crippen LogP contribution in [0.3, 0.4) is 0 Å². The Morgan fingerprint density at radius 1 is 1.39 bits per heavy atom. The van der Waals surface area contributed by atoms with E-state index in [1.54, 1.807) is 7.11 Å². The van der Waals surface area contributed by atoms with Crippen LogP contribution in [0, 0.1) is 0 Å². The van der Waals surface area contributed by atoms with Crippen LogP contribution in [-0.4, -0.2) is 42.2 Å². The van der Waals surface area contributed by atoms with Crippen molar-refractivity contribution in [2.45, 2.75) is 25.3 Å². The summed E-state index contributed by atoms with van der Waals surface area (Å²) in [7, 11) is 1.62. The lowest BCUT2D eigenvalue weighted by molar-refractivity contribution is -0.142. The number of ether oxygens (including phenoxy) is 1. The lowest BCUT2D eigenvalue weighted by Gasteiger charge is -2.24. The summed E-state index contributed by atoms with van der Waals surface area (Å²) in [6, 6.07) is 7.18. The smallest absolute Gasteiger partial charge is 0.321 e. The minimum absolute atomic E-state index is 0.441. The molecule has 2 rings (SSSR count). The van der Waals surface area contributed by atoms with Crippen LogP contribution in [0.4, 0.5) is 0 Å². The minimum Gasteiger partial charge on any atom is -0.496 e. The van der Waals surface area contributed by atoms with E-state index in [4.69, 9.17) is 4.74 Å². The molecule has 0 spiro atoms. The number of nitrogens with zero attached hydrogens (tertiary/aromatic N) is 1. The second kappa shape index (κ2) is 5.87. The molecule has 1 aromatic carbocycles. The van der Waals surface area contributed by atoms with Crippen LogP contribution >= 0.6 is 0 Å². The molecular weight excluding hydrogens is 230 g/mol. The molecule has 0 amide bonds. The van der Waals surface area contributed by atoms with Gasteiger partial charge in [0.25, 0.3) is 0 Å². The highest BCUT2D eigenvalue weighted by atomic mass is 16.5. The van der Waals surface area contributed by atoms with Gasteiger partial charge in [-0.25, -0.2) is 0 Å². The molecule has 4 nitrogen and oxygen atoms in total. The number of carbonyl (C=O) groups is 1. The molecule has 0 bridgehead atoms.